The standard InChI is InChI=1S/C24H23N3O/c1-16-8-6-11-20(14-16)24(28)25-23-17(2)26-27(18(23)3)15-21-12-7-10-19-9-4-5-13-22(19)21/h4-14H,15H2,1-3H3,(H,25,28). The first-order valence-corrected chi connectivity index (χ1v) is 9.41. The molecule has 1 aromatic heterocycles. The highest BCUT2D eigenvalue weighted by Gasteiger charge is 2.16. The minimum Gasteiger partial charge on any atom is -0.319 e. The first-order valence-electron chi connectivity index (χ1n) is 9.41. The Hall–Kier alpha value is -3.40. The predicted molar refractivity (Wildman–Crippen MR) is 114 cm³/mol. The maximum absolute atomic E-state index is 12.7. The van der Waals surface area contributed by atoms with E-state index in [1.807, 2.05) is 55.8 Å². The third kappa shape index (κ3) is 3.41. The first kappa shape index (κ1) is 18.0. The van der Waals surface area contributed by atoms with Crippen LogP contribution in [-0.4, -0.2) is 15.7 Å². The topological polar surface area (TPSA) is 46.9 Å². The van der Waals surface area contributed by atoms with Gasteiger partial charge in [-0.15, -0.1) is 0 Å². The quantitative estimate of drug-likeness (QED) is 0.533. The molecule has 4 nitrogen and oxygen atoms in total. The van der Waals surface area contributed by atoms with Crippen LogP contribution in [0.25, 0.3) is 10.8 Å². The molecule has 4 heteroatoms. The number of hydrogen-bond donors (Lipinski definition) is 1. The van der Waals surface area contributed by atoms with Crippen LogP contribution in [0.4, 0.5) is 5.69 Å². The lowest BCUT2D eigenvalue weighted by atomic mass is 10.0. The zero-order valence-electron chi connectivity index (χ0n) is 16.4. The number of benzene rings is 3. The lowest BCUT2D eigenvalue weighted by Gasteiger charge is -2.10. The Kier molecular flexibility index (Phi) is 4.70. The Morgan fingerprint density at radius 2 is 1.71 bits per heavy atom. The van der Waals surface area contributed by atoms with Crippen molar-refractivity contribution in [2.24, 2.45) is 0 Å². The Labute approximate surface area is 164 Å². The van der Waals surface area contributed by atoms with Gasteiger partial charge >= 0.3 is 0 Å². The zero-order chi connectivity index (χ0) is 19.7. The third-order valence-corrected chi connectivity index (χ3v) is 5.10. The summed E-state index contributed by atoms with van der Waals surface area (Å²) < 4.78 is 1.96. The van der Waals surface area contributed by atoms with E-state index in [2.05, 4.69) is 46.8 Å². The van der Waals surface area contributed by atoms with E-state index >= 15 is 0 Å². The lowest BCUT2D eigenvalue weighted by Crippen LogP contribution is -2.13. The molecule has 0 radical (unpaired) electrons. The molecule has 1 amide bonds. The van der Waals surface area contributed by atoms with Crippen LogP contribution in [-0.2, 0) is 6.54 Å². The molecule has 1 N–H and O–H groups in total. The summed E-state index contributed by atoms with van der Waals surface area (Å²) in [5.41, 5.74) is 5.48. The molecule has 3 aromatic carbocycles. The Morgan fingerprint density at radius 1 is 0.964 bits per heavy atom. The number of anilines is 1. The molecule has 0 spiro atoms. The van der Waals surface area contributed by atoms with Crippen LogP contribution in [0, 0.1) is 20.8 Å². The van der Waals surface area contributed by atoms with Crippen LogP contribution in [0.2, 0.25) is 0 Å². The molecule has 0 aliphatic heterocycles. The van der Waals surface area contributed by atoms with E-state index < -0.39 is 0 Å². The number of nitrogens with one attached hydrogen (secondary N) is 1. The Morgan fingerprint density at radius 3 is 2.54 bits per heavy atom. The highest BCUT2D eigenvalue weighted by Crippen LogP contribution is 2.24. The molecule has 28 heavy (non-hydrogen) atoms. The van der Waals surface area contributed by atoms with E-state index in [-0.39, 0.29) is 5.91 Å². The van der Waals surface area contributed by atoms with Gasteiger partial charge in [0.15, 0.2) is 0 Å². The van der Waals surface area contributed by atoms with Gasteiger partial charge in [-0.05, 0) is 49.2 Å². The van der Waals surface area contributed by atoms with Crippen molar-refractivity contribution in [3.05, 3.63) is 94.8 Å². The molecule has 1 heterocycles. The molecule has 0 saturated heterocycles. The summed E-state index contributed by atoms with van der Waals surface area (Å²) in [6, 6.07) is 22.3. The van der Waals surface area contributed by atoms with E-state index in [1.54, 1.807) is 0 Å². The third-order valence-electron chi connectivity index (χ3n) is 5.10. The number of aryl methyl sites for hydroxylation is 2. The second kappa shape index (κ2) is 7.31. The number of fused-ring (bicyclic) bond motifs is 1. The molecule has 4 aromatic rings. The number of amides is 1. The highest BCUT2D eigenvalue weighted by atomic mass is 16.1. The van der Waals surface area contributed by atoms with E-state index in [0.29, 0.717) is 12.1 Å². The largest absolute Gasteiger partial charge is 0.319 e. The molecule has 0 bridgehead atoms. The van der Waals surface area contributed by atoms with Crippen molar-refractivity contribution in [1.29, 1.82) is 0 Å². The maximum atomic E-state index is 12.7. The van der Waals surface area contributed by atoms with Crippen molar-refractivity contribution in [3.63, 3.8) is 0 Å². The minimum absolute atomic E-state index is 0.111. The Bertz CT molecular complexity index is 1170. The fourth-order valence-corrected chi connectivity index (χ4v) is 3.60. The summed E-state index contributed by atoms with van der Waals surface area (Å²) in [4.78, 5) is 12.7. The second-order valence-corrected chi connectivity index (χ2v) is 7.17. The monoisotopic (exact) mass is 369 g/mol. The number of aromatic nitrogens is 2. The number of carbonyl (C=O) groups is 1. The van der Waals surface area contributed by atoms with Crippen LogP contribution in [0.1, 0.15) is 32.9 Å². The van der Waals surface area contributed by atoms with Crippen LogP contribution < -0.4 is 5.32 Å². The summed E-state index contributed by atoms with van der Waals surface area (Å²) in [5, 5.41) is 10.2. The van der Waals surface area contributed by atoms with Gasteiger partial charge in [0.2, 0.25) is 0 Å². The average molecular weight is 369 g/mol. The van der Waals surface area contributed by atoms with Gasteiger partial charge in [-0.2, -0.15) is 5.10 Å². The predicted octanol–water partition coefficient (Wildman–Crippen LogP) is 5.26. The number of hydrogen-bond acceptors (Lipinski definition) is 2. The van der Waals surface area contributed by atoms with Crippen LogP contribution in [0.15, 0.2) is 66.7 Å². The van der Waals surface area contributed by atoms with Crippen molar-refractivity contribution < 1.29 is 4.79 Å². The van der Waals surface area contributed by atoms with Gasteiger partial charge in [-0.1, -0.05) is 60.2 Å². The molecule has 0 fully saturated rings. The lowest BCUT2D eigenvalue weighted by molar-refractivity contribution is 0.102. The van der Waals surface area contributed by atoms with Gasteiger partial charge in [0.05, 0.1) is 23.6 Å². The van der Waals surface area contributed by atoms with Gasteiger partial charge in [-0.25, -0.2) is 0 Å². The fraction of sp³-hybridized carbons (Fsp3) is 0.167. The van der Waals surface area contributed by atoms with Crippen LogP contribution >= 0.6 is 0 Å². The molecule has 4 rings (SSSR count). The average Bonchev–Trinajstić information content (AvgIpc) is 2.95. The number of carbonyl (C=O) groups excluding carboxylic acids is 1. The van der Waals surface area contributed by atoms with Crippen LogP contribution in [0.3, 0.4) is 0 Å². The van der Waals surface area contributed by atoms with E-state index in [4.69, 9.17) is 0 Å². The Balaban J connectivity index is 1.63. The van der Waals surface area contributed by atoms with Crippen molar-refractivity contribution in [3.8, 4) is 0 Å². The number of nitrogens with zero attached hydrogens (tertiary/aromatic N) is 2. The molecule has 0 unspecified atom stereocenters. The number of rotatable bonds is 4. The van der Waals surface area contributed by atoms with Gasteiger partial charge in [0.25, 0.3) is 5.91 Å². The van der Waals surface area contributed by atoms with Gasteiger partial charge in [0, 0.05) is 5.56 Å². The highest BCUT2D eigenvalue weighted by molar-refractivity contribution is 6.05. The molecule has 0 saturated carbocycles. The molecule has 140 valence electrons. The summed E-state index contributed by atoms with van der Waals surface area (Å²) in [6.07, 6.45) is 0. The smallest absolute Gasteiger partial charge is 0.255 e. The summed E-state index contributed by atoms with van der Waals surface area (Å²) in [6.45, 7) is 6.57. The van der Waals surface area contributed by atoms with Crippen molar-refractivity contribution in [1.82, 2.24) is 9.78 Å². The first-order chi connectivity index (χ1) is 13.5. The van der Waals surface area contributed by atoms with E-state index in [1.165, 1.54) is 16.3 Å². The zero-order valence-corrected chi connectivity index (χ0v) is 16.4. The van der Waals surface area contributed by atoms with Gasteiger partial charge < -0.3 is 5.32 Å². The van der Waals surface area contributed by atoms with E-state index in [0.717, 1.165) is 22.6 Å². The van der Waals surface area contributed by atoms with Crippen molar-refractivity contribution in [2.45, 2.75) is 27.3 Å². The summed E-state index contributed by atoms with van der Waals surface area (Å²) in [5.74, 6) is -0.111. The van der Waals surface area contributed by atoms with Crippen molar-refractivity contribution in [2.75, 3.05) is 5.32 Å². The molecular formula is C24H23N3O. The molecule has 0 aliphatic rings. The second-order valence-electron chi connectivity index (χ2n) is 7.17. The van der Waals surface area contributed by atoms with E-state index in [9.17, 15) is 4.79 Å². The van der Waals surface area contributed by atoms with Crippen molar-refractivity contribution >= 4 is 22.4 Å². The normalized spacial score (nSPS) is 11.0. The van der Waals surface area contributed by atoms with Gasteiger partial charge in [0.1, 0.15) is 0 Å². The summed E-state index contributed by atoms with van der Waals surface area (Å²) >= 11 is 0. The summed E-state index contributed by atoms with van der Waals surface area (Å²) in [7, 11) is 0. The molecule has 0 atom stereocenters. The SMILES string of the molecule is Cc1cccc(C(=O)Nc2c(C)nn(Cc3cccc4ccccc34)c2C)c1. The van der Waals surface area contributed by atoms with Gasteiger partial charge in [-0.3, -0.25) is 9.48 Å². The molecular weight excluding hydrogens is 346 g/mol. The minimum atomic E-state index is -0.111. The molecule has 0 aliphatic carbocycles. The maximum Gasteiger partial charge on any atom is 0.255 e. The fourth-order valence-electron chi connectivity index (χ4n) is 3.60. The van der Waals surface area contributed by atoms with Crippen LogP contribution in [0.5, 0.6) is 0 Å².